The van der Waals surface area contributed by atoms with Gasteiger partial charge in [-0.25, -0.2) is 0 Å². The Labute approximate surface area is 110 Å². The predicted octanol–water partition coefficient (Wildman–Crippen LogP) is 1.22. The van der Waals surface area contributed by atoms with E-state index >= 15 is 0 Å². The van der Waals surface area contributed by atoms with Crippen LogP contribution in [0, 0.1) is 5.41 Å². The zero-order valence-electron chi connectivity index (χ0n) is 11.8. The zero-order chi connectivity index (χ0) is 13.4. The van der Waals surface area contributed by atoms with Gasteiger partial charge in [0.2, 0.25) is 0 Å². The van der Waals surface area contributed by atoms with Gasteiger partial charge in [-0.05, 0) is 57.8 Å². The lowest BCUT2D eigenvalue weighted by Crippen LogP contribution is -2.42. The maximum Gasteiger partial charge on any atom is 0.139 e. The molecule has 1 heterocycles. The first-order valence-electron chi connectivity index (χ1n) is 6.91. The predicted molar refractivity (Wildman–Crippen MR) is 75.0 cm³/mol. The highest BCUT2D eigenvalue weighted by Gasteiger charge is 2.27. The summed E-state index contributed by atoms with van der Waals surface area (Å²) in [6.07, 6.45) is 5.29. The Morgan fingerprint density at radius 1 is 1.39 bits per heavy atom. The van der Waals surface area contributed by atoms with Crippen molar-refractivity contribution in [1.29, 1.82) is 0 Å². The number of hydrogen-bond acceptors (Lipinski definition) is 4. The van der Waals surface area contributed by atoms with Gasteiger partial charge < -0.3 is 21.2 Å². The van der Waals surface area contributed by atoms with E-state index in [2.05, 4.69) is 29.3 Å². The van der Waals surface area contributed by atoms with Gasteiger partial charge in [0, 0.05) is 13.0 Å². The smallest absolute Gasteiger partial charge is 0.139 e. The molecule has 106 valence electrons. The summed E-state index contributed by atoms with van der Waals surface area (Å²) in [5.41, 5.74) is 5.87. The normalized spacial score (nSPS) is 21.1. The zero-order valence-corrected chi connectivity index (χ0v) is 11.8. The Balaban J connectivity index is 2.04. The van der Waals surface area contributed by atoms with E-state index in [0.717, 1.165) is 25.9 Å². The molecule has 0 atom stereocenters. The summed E-state index contributed by atoms with van der Waals surface area (Å²) in [7, 11) is 2.19. The van der Waals surface area contributed by atoms with Crippen LogP contribution in [0.5, 0.6) is 0 Å². The van der Waals surface area contributed by atoms with Gasteiger partial charge in [0.05, 0.1) is 0 Å². The fourth-order valence-electron chi connectivity index (χ4n) is 2.33. The van der Waals surface area contributed by atoms with Crippen molar-refractivity contribution in [2.75, 3.05) is 33.2 Å². The summed E-state index contributed by atoms with van der Waals surface area (Å²) in [6, 6.07) is 0. The molecular formula is C13H28N4O. The van der Waals surface area contributed by atoms with Crippen molar-refractivity contribution < 1.29 is 5.21 Å². The van der Waals surface area contributed by atoms with E-state index in [4.69, 9.17) is 10.9 Å². The molecule has 0 aliphatic carbocycles. The molecule has 0 spiro atoms. The van der Waals surface area contributed by atoms with Gasteiger partial charge in [-0.3, -0.25) is 0 Å². The van der Waals surface area contributed by atoms with Crippen LogP contribution in [0.2, 0.25) is 0 Å². The van der Waals surface area contributed by atoms with Crippen LogP contribution in [0.25, 0.3) is 0 Å². The van der Waals surface area contributed by atoms with Gasteiger partial charge in [0.15, 0.2) is 0 Å². The molecule has 0 radical (unpaired) electrons. The monoisotopic (exact) mass is 256 g/mol. The van der Waals surface area contributed by atoms with Gasteiger partial charge in [-0.2, -0.15) is 0 Å². The highest BCUT2D eigenvalue weighted by molar-refractivity contribution is 5.79. The first kappa shape index (κ1) is 15.2. The second-order valence-electron chi connectivity index (χ2n) is 5.84. The van der Waals surface area contributed by atoms with Crippen molar-refractivity contribution >= 4 is 5.84 Å². The fraction of sp³-hybridized carbons (Fsp3) is 0.923. The van der Waals surface area contributed by atoms with Crippen LogP contribution in [0.1, 0.15) is 39.0 Å². The van der Waals surface area contributed by atoms with Gasteiger partial charge >= 0.3 is 0 Å². The van der Waals surface area contributed by atoms with Crippen LogP contribution in [0.4, 0.5) is 0 Å². The van der Waals surface area contributed by atoms with Crippen LogP contribution in [0.3, 0.4) is 0 Å². The Hall–Kier alpha value is -0.810. The molecule has 0 amide bonds. The molecule has 5 nitrogen and oxygen atoms in total. The van der Waals surface area contributed by atoms with Crippen molar-refractivity contribution in [3.63, 3.8) is 0 Å². The molecule has 0 bridgehead atoms. The molecule has 0 aromatic carbocycles. The molecule has 5 heteroatoms. The van der Waals surface area contributed by atoms with Gasteiger partial charge in [-0.1, -0.05) is 12.1 Å². The molecule has 1 aliphatic rings. The van der Waals surface area contributed by atoms with Gasteiger partial charge in [0.1, 0.15) is 5.84 Å². The number of likely N-dealkylation sites (tertiary alicyclic amines) is 1. The third kappa shape index (κ3) is 5.69. The molecule has 1 fully saturated rings. The minimum absolute atomic E-state index is 0.331. The van der Waals surface area contributed by atoms with Crippen LogP contribution in [-0.4, -0.2) is 49.2 Å². The summed E-state index contributed by atoms with van der Waals surface area (Å²) in [5, 5.41) is 14.9. The largest absolute Gasteiger partial charge is 0.409 e. The van der Waals surface area contributed by atoms with E-state index in [1.165, 1.54) is 25.9 Å². The van der Waals surface area contributed by atoms with E-state index in [1.807, 2.05) is 0 Å². The van der Waals surface area contributed by atoms with E-state index in [9.17, 15) is 0 Å². The maximum absolute atomic E-state index is 8.41. The van der Waals surface area contributed by atoms with E-state index in [0.29, 0.717) is 17.7 Å². The Kier molecular flexibility index (Phi) is 6.43. The molecular weight excluding hydrogens is 228 g/mol. The quantitative estimate of drug-likeness (QED) is 0.210. The molecule has 0 saturated carbocycles. The first-order chi connectivity index (χ1) is 8.56. The Morgan fingerprint density at radius 3 is 2.67 bits per heavy atom. The number of nitrogens with two attached hydrogens (primary N) is 1. The minimum atomic E-state index is 0.331. The molecule has 1 rings (SSSR count). The lowest BCUT2D eigenvalue weighted by atomic mass is 9.80. The van der Waals surface area contributed by atoms with E-state index in [1.54, 1.807) is 0 Å². The minimum Gasteiger partial charge on any atom is -0.409 e. The molecule has 1 saturated heterocycles. The average Bonchev–Trinajstić information content (AvgIpc) is 2.37. The number of rotatable bonds is 7. The first-order valence-corrected chi connectivity index (χ1v) is 6.91. The number of piperidine rings is 1. The van der Waals surface area contributed by atoms with Crippen LogP contribution in [-0.2, 0) is 0 Å². The molecule has 1 aliphatic heterocycles. The summed E-state index contributed by atoms with van der Waals surface area (Å²) in [5.74, 6) is 0.331. The van der Waals surface area contributed by atoms with Crippen molar-refractivity contribution in [1.82, 2.24) is 10.2 Å². The average molecular weight is 256 g/mol. The lowest BCUT2D eigenvalue weighted by molar-refractivity contribution is 0.137. The van der Waals surface area contributed by atoms with Crippen LogP contribution in [0.15, 0.2) is 5.16 Å². The van der Waals surface area contributed by atoms with Gasteiger partial charge in [-0.15, -0.1) is 0 Å². The highest BCUT2D eigenvalue weighted by Crippen LogP contribution is 2.29. The standard InChI is InChI=1S/C13H28N4O/c1-13(6-9-17(2)10-7-13)11-15-8-4-3-5-12(14)16-18/h15,18H,3-11H2,1-2H3,(H2,14,16). The lowest BCUT2D eigenvalue weighted by Gasteiger charge is -2.38. The molecule has 0 unspecified atom stereocenters. The molecule has 18 heavy (non-hydrogen) atoms. The van der Waals surface area contributed by atoms with Crippen LogP contribution < -0.4 is 11.1 Å². The van der Waals surface area contributed by atoms with Crippen LogP contribution >= 0.6 is 0 Å². The third-order valence-corrected chi connectivity index (χ3v) is 3.91. The highest BCUT2D eigenvalue weighted by atomic mass is 16.4. The number of hydrogen-bond donors (Lipinski definition) is 3. The third-order valence-electron chi connectivity index (χ3n) is 3.91. The number of amidine groups is 1. The van der Waals surface area contributed by atoms with Crippen molar-refractivity contribution in [2.24, 2.45) is 16.3 Å². The topological polar surface area (TPSA) is 73.9 Å². The maximum atomic E-state index is 8.41. The van der Waals surface area contributed by atoms with Gasteiger partial charge in [0.25, 0.3) is 0 Å². The summed E-state index contributed by atoms with van der Waals surface area (Å²) < 4.78 is 0. The summed E-state index contributed by atoms with van der Waals surface area (Å²) in [6.45, 7) is 6.92. The fourth-order valence-corrected chi connectivity index (χ4v) is 2.33. The number of nitrogens with one attached hydrogen (secondary N) is 1. The van der Waals surface area contributed by atoms with E-state index < -0.39 is 0 Å². The number of oxime groups is 1. The molecule has 0 aromatic rings. The molecule has 0 aromatic heterocycles. The Bertz CT molecular complexity index is 260. The van der Waals surface area contributed by atoms with Crippen molar-refractivity contribution in [3.05, 3.63) is 0 Å². The van der Waals surface area contributed by atoms with Crippen molar-refractivity contribution in [3.8, 4) is 0 Å². The summed E-state index contributed by atoms with van der Waals surface area (Å²) >= 11 is 0. The van der Waals surface area contributed by atoms with E-state index in [-0.39, 0.29) is 0 Å². The second kappa shape index (κ2) is 7.59. The SMILES string of the molecule is CN1CCC(C)(CNCCCCC(N)=NO)CC1. The summed E-state index contributed by atoms with van der Waals surface area (Å²) in [4.78, 5) is 2.40. The van der Waals surface area contributed by atoms with Crippen molar-refractivity contribution in [2.45, 2.75) is 39.0 Å². The second-order valence-corrected chi connectivity index (χ2v) is 5.84. The number of unbranched alkanes of at least 4 members (excludes halogenated alkanes) is 1. The Morgan fingerprint density at radius 2 is 2.06 bits per heavy atom. The molecule has 4 N–H and O–H groups in total. The number of nitrogens with zero attached hydrogens (tertiary/aromatic N) is 2.